The minimum absolute atomic E-state index is 0.0821. The summed E-state index contributed by atoms with van der Waals surface area (Å²) in [6, 6.07) is 0. The number of esters is 3. The predicted molar refractivity (Wildman–Crippen MR) is 76.4 cm³/mol. The summed E-state index contributed by atoms with van der Waals surface area (Å²) in [7, 11) is 0. The smallest absolute Gasteiger partial charge is 0.333 e. The standard InChI is InChI=1S/C16H14O6/c1-4-5-6-7-10-20-14(17)8-9-15(18)21-11-12-22-16(19)13(2)3/h1H,2,8-9,11-12H2,3H3. The Hall–Kier alpha value is -3.17. The Balaban J connectivity index is 3.78. The maximum atomic E-state index is 11.3. The molecule has 0 fully saturated rings. The Morgan fingerprint density at radius 1 is 1.00 bits per heavy atom. The number of ether oxygens (including phenoxy) is 3. The monoisotopic (exact) mass is 302 g/mol. The Kier molecular flexibility index (Phi) is 9.96. The van der Waals surface area contributed by atoms with Crippen LogP contribution in [0.4, 0.5) is 0 Å². The minimum atomic E-state index is -0.694. The van der Waals surface area contributed by atoms with Crippen LogP contribution in [0.5, 0.6) is 0 Å². The van der Waals surface area contributed by atoms with Crippen LogP contribution >= 0.6 is 0 Å². The number of rotatable bonds is 7. The SMILES string of the molecule is C#CC#CC#COC(=O)CCC(=O)OCCOC(=O)C(=C)C. The number of carbonyl (C=O) groups is 3. The van der Waals surface area contributed by atoms with E-state index in [4.69, 9.17) is 15.9 Å². The second kappa shape index (κ2) is 11.6. The van der Waals surface area contributed by atoms with E-state index in [1.54, 1.807) is 0 Å². The molecular weight excluding hydrogens is 288 g/mol. The lowest BCUT2D eigenvalue weighted by Crippen LogP contribution is -2.15. The fraction of sp³-hybridized carbons (Fsp3) is 0.312. The summed E-state index contributed by atoms with van der Waals surface area (Å²) >= 11 is 0. The van der Waals surface area contributed by atoms with Crippen LogP contribution in [0.25, 0.3) is 0 Å². The Bertz CT molecular complexity index is 601. The highest BCUT2D eigenvalue weighted by Gasteiger charge is 2.09. The van der Waals surface area contributed by atoms with Gasteiger partial charge in [-0.25, -0.2) is 4.79 Å². The fourth-order valence-electron chi connectivity index (χ4n) is 0.916. The summed E-state index contributed by atoms with van der Waals surface area (Å²) in [5.41, 5.74) is 0.252. The second-order valence-electron chi connectivity index (χ2n) is 3.73. The first kappa shape index (κ1) is 18.8. The van der Waals surface area contributed by atoms with Crippen molar-refractivity contribution in [3.8, 4) is 36.2 Å². The Morgan fingerprint density at radius 2 is 1.64 bits per heavy atom. The minimum Gasteiger partial charge on any atom is -0.462 e. The van der Waals surface area contributed by atoms with Crippen molar-refractivity contribution in [2.45, 2.75) is 19.8 Å². The first-order chi connectivity index (χ1) is 10.5. The second-order valence-corrected chi connectivity index (χ2v) is 3.73. The maximum absolute atomic E-state index is 11.3. The highest BCUT2D eigenvalue weighted by Crippen LogP contribution is 1.96. The molecule has 0 saturated heterocycles. The van der Waals surface area contributed by atoms with Gasteiger partial charge < -0.3 is 14.2 Å². The summed E-state index contributed by atoms with van der Waals surface area (Å²) in [5.74, 6) is 6.81. The summed E-state index contributed by atoms with van der Waals surface area (Å²) < 4.78 is 13.9. The third kappa shape index (κ3) is 10.7. The van der Waals surface area contributed by atoms with E-state index >= 15 is 0 Å². The first-order valence-corrected chi connectivity index (χ1v) is 6.11. The lowest BCUT2D eigenvalue weighted by Gasteiger charge is -2.05. The van der Waals surface area contributed by atoms with Gasteiger partial charge in [0.1, 0.15) is 19.3 Å². The molecule has 0 atom stereocenters. The third-order valence-corrected chi connectivity index (χ3v) is 1.87. The molecule has 0 radical (unpaired) electrons. The molecule has 0 aromatic carbocycles. The lowest BCUT2D eigenvalue weighted by atomic mass is 10.3. The number of terminal acetylenes is 1. The van der Waals surface area contributed by atoms with Gasteiger partial charge in [-0.05, 0) is 18.8 Å². The zero-order valence-corrected chi connectivity index (χ0v) is 12.1. The zero-order valence-electron chi connectivity index (χ0n) is 12.1. The molecule has 0 amide bonds. The van der Waals surface area contributed by atoms with Gasteiger partial charge in [0.15, 0.2) is 0 Å². The van der Waals surface area contributed by atoms with E-state index < -0.39 is 17.9 Å². The van der Waals surface area contributed by atoms with E-state index in [1.807, 2.05) is 12.0 Å². The molecule has 0 aromatic heterocycles. The van der Waals surface area contributed by atoms with Crippen molar-refractivity contribution >= 4 is 17.9 Å². The van der Waals surface area contributed by atoms with Crippen LogP contribution < -0.4 is 0 Å². The van der Waals surface area contributed by atoms with Crippen LogP contribution in [0.15, 0.2) is 12.2 Å². The van der Waals surface area contributed by atoms with Gasteiger partial charge >= 0.3 is 17.9 Å². The molecule has 0 heterocycles. The van der Waals surface area contributed by atoms with Crippen molar-refractivity contribution in [3.63, 3.8) is 0 Å². The van der Waals surface area contributed by atoms with E-state index in [9.17, 15) is 14.4 Å². The maximum Gasteiger partial charge on any atom is 0.333 e. The van der Waals surface area contributed by atoms with Crippen molar-refractivity contribution in [2.75, 3.05) is 13.2 Å². The van der Waals surface area contributed by atoms with Crippen molar-refractivity contribution in [1.82, 2.24) is 0 Å². The van der Waals surface area contributed by atoms with Crippen LogP contribution in [0, 0.1) is 36.2 Å². The molecule has 0 aliphatic carbocycles. The molecule has 0 unspecified atom stereocenters. The van der Waals surface area contributed by atoms with Crippen molar-refractivity contribution in [3.05, 3.63) is 12.2 Å². The summed E-state index contributed by atoms with van der Waals surface area (Å²) in [6.45, 7) is 4.71. The van der Waals surface area contributed by atoms with Gasteiger partial charge in [-0.15, -0.1) is 6.42 Å². The van der Waals surface area contributed by atoms with Gasteiger partial charge in [0.05, 0.1) is 12.8 Å². The predicted octanol–water partition coefficient (Wildman–Crippen LogP) is 0.570. The van der Waals surface area contributed by atoms with Crippen molar-refractivity contribution in [1.29, 1.82) is 0 Å². The molecule has 0 rings (SSSR count). The lowest BCUT2D eigenvalue weighted by molar-refractivity contribution is -0.151. The zero-order chi connectivity index (χ0) is 16.8. The molecular formula is C16H14O6. The van der Waals surface area contributed by atoms with E-state index in [1.165, 1.54) is 6.92 Å². The van der Waals surface area contributed by atoms with E-state index in [0.717, 1.165) is 0 Å². The third-order valence-electron chi connectivity index (χ3n) is 1.87. The van der Waals surface area contributed by atoms with Crippen LogP contribution in [0.2, 0.25) is 0 Å². The molecule has 0 aromatic rings. The van der Waals surface area contributed by atoms with Gasteiger partial charge in [-0.1, -0.05) is 6.58 Å². The highest BCUT2D eigenvalue weighted by molar-refractivity contribution is 5.86. The van der Waals surface area contributed by atoms with E-state index in [2.05, 4.69) is 29.1 Å². The molecule has 114 valence electrons. The summed E-state index contributed by atoms with van der Waals surface area (Å²) in [6.07, 6.45) is 6.51. The molecule has 0 N–H and O–H groups in total. The van der Waals surface area contributed by atoms with E-state index in [0.29, 0.717) is 0 Å². The van der Waals surface area contributed by atoms with Crippen LogP contribution in [0.1, 0.15) is 19.8 Å². The molecule has 0 aliphatic heterocycles. The molecule has 0 bridgehead atoms. The van der Waals surface area contributed by atoms with Gasteiger partial charge in [0.25, 0.3) is 0 Å². The summed E-state index contributed by atoms with van der Waals surface area (Å²) in [4.78, 5) is 33.5. The largest absolute Gasteiger partial charge is 0.462 e. The normalized spacial score (nSPS) is 8.00. The number of carbonyl (C=O) groups excluding carboxylic acids is 3. The topological polar surface area (TPSA) is 78.9 Å². The van der Waals surface area contributed by atoms with Gasteiger partial charge in [0.2, 0.25) is 0 Å². The van der Waals surface area contributed by atoms with Crippen molar-refractivity contribution in [2.24, 2.45) is 0 Å². The summed E-state index contributed by atoms with van der Waals surface area (Å²) in [5, 5.41) is 0. The molecule has 22 heavy (non-hydrogen) atoms. The number of hydrogen-bond donors (Lipinski definition) is 0. The van der Waals surface area contributed by atoms with Crippen molar-refractivity contribution < 1.29 is 28.6 Å². The quantitative estimate of drug-likeness (QED) is 0.225. The first-order valence-electron chi connectivity index (χ1n) is 6.11. The Morgan fingerprint density at radius 3 is 2.27 bits per heavy atom. The fourth-order valence-corrected chi connectivity index (χ4v) is 0.916. The number of hydrogen-bond acceptors (Lipinski definition) is 6. The molecule has 6 nitrogen and oxygen atoms in total. The molecule has 0 aliphatic rings. The van der Waals surface area contributed by atoms with Gasteiger partial charge in [-0.2, -0.15) is 0 Å². The molecule has 0 spiro atoms. The van der Waals surface area contributed by atoms with Crippen LogP contribution in [-0.4, -0.2) is 31.1 Å². The molecule has 0 saturated carbocycles. The Labute approximate surface area is 128 Å². The molecule has 6 heteroatoms. The van der Waals surface area contributed by atoms with Crippen LogP contribution in [0.3, 0.4) is 0 Å². The van der Waals surface area contributed by atoms with E-state index in [-0.39, 0.29) is 31.6 Å². The van der Waals surface area contributed by atoms with Gasteiger partial charge in [0, 0.05) is 17.4 Å². The average molecular weight is 302 g/mol. The average Bonchev–Trinajstić information content (AvgIpc) is 2.48. The van der Waals surface area contributed by atoms with Crippen LogP contribution in [-0.2, 0) is 28.6 Å². The highest BCUT2D eigenvalue weighted by atomic mass is 16.6. The van der Waals surface area contributed by atoms with Gasteiger partial charge in [-0.3, -0.25) is 9.59 Å².